The summed E-state index contributed by atoms with van der Waals surface area (Å²) >= 11 is 6.09. The molecule has 0 spiro atoms. The molecule has 0 fully saturated rings. The summed E-state index contributed by atoms with van der Waals surface area (Å²) in [6.45, 7) is 5.94. The van der Waals surface area contributed by atoms with Crippen LogP contribution < -0.4 is 5.32 Å². The molecule has 19 heavy (non-hydrogen) atoms. The number of carbonyl (C=O) groups is 1. The minimum absolute atomic E-state index is 0.185. The predicted octanol–water partition coefficient (Wildman–Crippen LogP) is 4.52. The quantitative estimate of drug-likeness (QED) is 0.856. The molecule has 0 atom stereocenters. The first-order chi connectivity index (χ1) is 8.95. The van der Waals surface area contributed by atoms with Crippen LogP contribution in [0.5, 0.6) is 0 Å². The van der Waals surface area contributed by atoms with E-state index in [1.807, 2.05) is 39.0 Å². The van der Waals surface area contributed by atoms with E-state index in [9.17, 15) is 4.79 Å². The number of anilines is 1. The molecule has 2 rings (SSSR count). The van der Waals surface area contributed by atoms with E-state index >= 15 is 0 Å². The number of hydrogen-bond acceptors (Lipinski definition) is 1. The highest BCUT2D eigenvalue weighted by Gasteiger charge is 2.10. The number of carbonyl (C=O) groups excluding carboxylic acids is 1. The zero-order chi connectivity index (χ0) is 14.0. The van der Waals surface area contributed by atoms with Crippen LogP contribution in [-0.2, 0) is 0 Å². The molecule has 0 aliphatic heterocycles. The molecule has 0 radical (unpaired) electrons. The molecule has 0 heterocycles. The molecule has 0 aliphatic rings. The molecular formula is C16H16ClNO. The van der Waals surface area contributed by atoms with Crippen molar-refractivity contribution in [3.05, 3.63) is 63.7 Å². The summed E-state index contributed by atoms with van der Waals surface area (Å²) in [5.41, 5.74) is 4.55. The van der Waals surface area contributed by atoms with E-state index in [4.69, 9.17) is 11.6 Å². The number of hydrogen-bond donors (Lipinski definition) is 1. The van der Waals surface area contributed by atoms with Crippen molar-refractivity contribution >= 4 is 23.2 Å². The number of rotatable bonds is 2. The van der Waals surface area contributed by atoms with Gasteiger partial charge in [-0.05, 0) is 61.7 Å². The highest BCUT2D eigenvalue weighted by atomic mass is 35.5. The van der Waals surface area contributed by atoms with Crippen molar-refractivity contribution in [3.8, 4) is 0 Å². The Morgan fingerprint density at radius 1 is 0.947 bits per heavy atom. The van der Waals surface area contributed by atoms with Crippen LogP contribution in [0, 0.1) is 20.8 Å². The number of nitrogens with one attached hydrogen (secondary N) is 1. The zero-order valence-corrected chi connectivity index (χ0v) is 12.0. The Morgan fingerprint density at radius 3 is 2.16 bits per heavy atom. The highest BCUT2D eigenvalue weighted by molar-refractivity contribution is 6.34. The number of amides is 1. The molecule has 0 unspecified atom stereocenters. The van der Waals surface area contributed by atoms with Crippen LogP contribution in [0.25, 0.3) is 0 Å². The Morgan fingerprint density at radius 2 is 1.58 bits per heavy atom. The Kier molecular flexibility index (Phi) is 3.91. The Labute approximate surface area is 118 Å². The predicted molar refractivity (Wildman–Crippen MR) is 80.1 cm³/mol. The Bertz CT molecular complexity index is 614. The van der Waals surface area contributed by atoms with Crippen LogP contribution >= 0.6 is 11.6 Å². The molecule has 3 heteroatoms. The Hall–Kier alpha value is -1.80. The third kappa shape index (κ3) is 3.36. The fourth-order valence-electron chi connectivity index (χ4n) is 2.05. The van der Waals surface area contributed by atoms with Gasteiger partial charge >= 0.3 is 0 Å². The smallest absolute Gasteiger partial charge is 0.257 e. The average molecular weight is 274 g/mol. The highest BCUT2D eigenvalue weighted by Crippen LogP contribution is 2.20. The van der Waals surface area contributed by atoms with Gasteiger partial charge in [0.05, 0.1) is 10.6 Å². The number of benzene rings is 2. The number of aryl methyl sites for hydroxylation is 3. The average Bonchev–Trinajstić information content (AvgIpc) is 2.26. The molecule has 1 amide bonds. The van der Waals surface area contributed by atoms with E-state index in [2.05, 4.69) is 11.4 Å². The standard InChI is InChI=1S/C16H16ClNO/c1-10-4-5-14(15(17)9-10)16(19)18-13-7-11(2)6-12(3)8-13/h4-9H,1-3H3,(H,18,19). The lowest BCUT2D eigenvalue weighted by molar-refractivity contribution is 0.102. The van der Waals surface area contributed by atoms with Gasteiger partial charge in [0.15, 0.2) is 0 Å². The van der Waals surface area contributed by atoms with Gasteiger partial charge in [0.2, 0.25) is 0 Å². The van der Waals surface area contributed by atoms with Gasteiger partial charge in [-0.2, -0.15) is 0 Å². The van der Waals surface area contributed by atoms with E-state index in [0.717, 1.165) is 22.4 Å². The second kappa shape index (κ2) is 5.45. The summed E-state index contributed by atoms with van der Waals surface area (Å²) in [6.07, 6.45) is 0. The summed E-state index contributed by atoms with van der Waals surface area (Å²) in [5, 5.41) is 3.35. The zero-order valence-electron chi connectivity index (χ0n) is 11.3. The molecule has 2 aromatic rings. The maximum Gasteiger partial charge on any atom is 0.257 e. The molecular weight excluding hydrogens is 258 g/mol. The lowest BCUT2D eigenvalue weighted by Crippen LogP contribution is -2.12. The van der Waals surface area contributed by atoms with Crippen molar-refractivity contribution < 1.29 is 4.79 Å². The van der Waals surface area contributed by atoms with Gasteiger partial charge in [0.25, 0.3) is 5.91 Å². The second-order valence-electron chi connectivity index (χ2n) is 4.81. The van der Waals surface area contributed by atoms with Crippen molar-refractivity contribution in [3.63, 3.8) is 0 Å². The van der Waals surface area contributed by atoms with E-state index in [1.165, 1.54) is 0 Å². The monoisotopic (exact) mass is 273 g/mol. The third-order valence-corrected chi connectivity index (χ3v) is 3.16. The van der Waals surface area contributed by atoms with Crippen LogP contribution in [0.2, 0.25) is 5.02 Å². The maximum atomic E-state index is 12.2. The van der Waals surface area contributed by atoms with E-state index < -0.39 is 0 Å². The molecule has 98 valence electrons. The summed E-state index contributed by atoms with van der Waals surface area (Å²) in [5.74, 6) is -0.185. The summed E-state index contributed by atoms with van der Waals surface area (Å²) in [6, 6.07) is 11.4. The van der Waals surface area contributed by atoms with Gasteiger partial charge in [-0.15, -0.1) is 0 Å². The van der Waals surface area contributed by atoms with Gasteiger partial charge in [0, 0.05) is 5.69 Å². The first-order valence-electron chi connectivity index (χ1n) is 6.11. The summed E-state index contributed by atoms with van der Waals surface area (Å²) in [7, 11) is 0. The van der Waals surface area contributed by atoms with Crippen LogP contribution in [0.1, 0.15) is 27.0 Å². The summed E-state index contributed by atoms with van der Waals surface area (Å²) < 4.78 is 0. The van der Waals surface area contributed by atoms with Gasteiger partial charge in [0.1, 0.15) is 0 Å². The molecule has 2 nitrogen and oxygen atoms in total. The van der Waals surface area contributed by atoms with Crippen molar-refractivity contribution in [2.45, 2.75) is 20.8 Å². The molecule has 0 bridgehead atoms. The summed E-state index contributed by atoms with van der Waals surface area (Å²) in [4.78, 5) is 12.2. The molecule has 0 saturated carbocycles. The molecule has 0 aromatic heterocycles. The minimum atomic E-state index is -0.185. The topological polar surface area (TPSA) is 29.1 Å². The SMILES string of the molecule is Cc1cc(C)cc(NC(=O)c2ccc(C)cc2Cl)c1. The second-order valence-corrected chi connectivity index (χ2v) is 5.22. The third-order valence-electron chi connectivity index (χ3n) is 2.85. The van der Waals surface area contributed by atoms with Crippen LogP contribution in [-0.4, -0.2) is 5.91 Å². The lowest BCUT2D eigenvalue weighted by Gasteiger charge is -2.09. The first-order valence-corrected chi connectivity index (χ1v) is 6.49. The molecule has 0 saturated heterocycles. The van der Waals surface area contributed by atoms with Crippen molar-refractivity contribution in [2.75, 3.05) is 5.32 Å². The van der Waals surface area contributed by atoms with Crippen LogP contribution in [0.3, 0.4) is 0 Å². The molecule has 1 N–H and O–H groups in total. The Balaban J connectivity index is 2.25. The van der Waals surface area contributed by atoms with Gasteiger partial charge in [-0.25, -0.2) is 0 Å². The fourth-order valence-corrected chi connectivity index (χ4v) is 2.37. The fraction of sp³-hybridized carbons (Fsp3) is 0.188. The van der Waals surface area contributed by atoms with E-state index in [1.54, 1.807) is 12.1 Å². The van der Waals surface area contributed by atoms with Crippen LogP contribution in [0.4, 0.5) is 5.69 Å². The van der Waals surface area contributed by atoms with E-state index in [-0.39, 0.29) is 5.91 Å². The minimum Gasteiger partial charge on any atom is -0.322 e. The maximum absolute atomic E-state index is 12.2. The lowest BCUT2D eigenvalue weighted by atomic mass is 10.1. The van der Waals surface area contributed by atoms with E-state index in [0.29, 0.717) is 10.6 Å². The van der Waals surface area contributed by atoms with Crippen molar-refractivity contribution in [1.29, 1.82) is 0 Å². The van der Waals surface area contributed by atoms with Gasteiger partial charge < -0.3 is 5.32 Å². The van der Waals surface area contributed by atoms with Crippen molar-refractivity contribution in [2.24, 2.45) is 0 Å². The van der Waals surface area contributed by atoms with Gasteiger partial charge in [-0.3, -0.25) is 4.79 Å². The van der Waals surface area contributed by atoms with Gasteiger partial charge in [-0.1, -0.05) is 23.7 Å². The molecule has 2 aromatic carbocycles. The molecule has 0 aliphatic carbocycles. The normalized spacial score (nSPS) is 10.3. The largest absolute Gasteiger partial charge is 0.322 e. The van der Waals surface area contributed by atoms with Crippen LogP contribution in [0.15, 0.2) is 36.4 Å². The number of halogens is 1. The van der Waals surface area contributed by atoms with Crippen molar-refractivity contribution in [1.82, 2.24) is 0 Å². The first kappa shape index (κ1) is 13.6.